The van der Waals surface area contributed by atoms with Gasteiger partial charge in [0.25, 0.3) is 0 Å². The minimum Gasteiger partial charge on any atom is -0.414 e. The fraction of sp³-hybridized carbons (Fsp3) is 0.686. The molecule has 47 heavy (non-hydrogen) atoms. The molecule has 0 radical (unpaired) electrons. The van der Waals surface area contributed by atoms with Crippen LogP contribution >= 0.6 is 0 Å². The number of rotatable bonds is 11. The van der Waals surface area contributed by atoms with Gasteiger partial charge in [0.15, 0.2) is 36.8 Å². The third-order valence-electron chi connectivity index (χ3n) is 11.1. The maximum Gasteiger partial charge on any atom is 0.225 e. The highest BCUT2D eigenvalue weighted by Crippen LogP contribution is 2.47. The van der Waals surface area contributed by atoms with E-state index in [1.807, 2.05) is 29.1 Å². The molecule has 262 valence electrons. The van der Waals surface area contributed by atoms with E-state index in [1.54, 1.807) is 6.20 Å². The van der Waals surface area contributed by atoms with Crippen LogP contribution in [0.15, 0.2) is 42.9 Å². The van der Waals surface area contributed by atoms with Crippen molar-refractivity contribution < 1.29 is 18.0 Å². The van der Waals surface area contributed by atoms with Gasteiger partial charge in [0.05, 0.1) is 19.1 Å². The van der Waals surface area contributed by atoms with Gasteiger partial charge in [-0.25, -0.2) is 9.97 Å². The zero-order valence-corrected chi connectivity index (χ0v) is 34.7. The fourth-order valence-electron chi connectivity index (χ4n) is 4.75. The molecule has 3 aromatic rings. The second-order valence-corrected chi connectivity index (χ2v) is 32.0. The summed E-state index contributed by atoms with van der Waals surface area (Å²) in [5.41, 5.74) is 2.55. The lowest BCUT2D eigenvalue weighted by atomic mass is 10.1. The zero-order chi connectivity index (χ0) is 35.2. The summed E-state index contributed by atoms with van der Waals surface area (Å²) >= 11 is 0. The molecule has 0 aliphatic carbocycles. The number of imidazole rings is 1. The van der Waals surface area contributed by atoms with Crippen LogP contribution in [0.2, 0.25) is 54.4 Å². The number of nitrogens with one attached hydrogen (secondary N) is 1. The number of anilines is 1. The van der Waals surface area contributed by atoms with Gasteiger partial charge >= 0.3 is 0 Å². The average Bonchev–Trinajstić information content (AvgIpc) is 3.49. The Bertz CT molecular complexity index is 1490. The fourth-order valence-corrected chi connectivity index (χ4v) is 8.37. The van der Waals surface area contributed by atoms with Crippen molar-refractivity contribution in [3.63, 3.8) is 0 Å². The minimum absolute atomic E-state index is 0.00565. The van der Waals surface area contributed by atoms with Crippen LogP contribution < -0.4 is 5.32 Å². The summed E-state index contributed by atoms with van der Waals surface area (Å²) in [7, 11) is -6.62. The summed E-state index contributed by atoms with van der Waals surface area (Å²) in [5, 5.41) is 3.45. The van der Waals surface area contributed by atoms with Gasteiger partial charge in [-0.15, -0.1) is 0 Å². The summed E-state index contributed by atoms with van der Waals surface area (Å²) in [5.74, 6) is 0.537. The first-order chi connectivity index (χ1) is 21.4. The van der Waals surface area contributed by atoms with Crippen molar-refractivity contribution in [1.82, 2.24) is 19.5 Å². The normalized spacial score (nSPS) is 21.9. The van der Waals surface area contributed by atoms with Crippen LogP contribution in [0.3, 0.4) is 0 Å². The van der Waals surface area contributed by atoms with Gasteiger partial charge in [-0.1, -0.05) is 92.6 Å². The molecule has 1 aliphatic rings. The van der Waals surface area contributed by atoms with Gasteiger partial charge in [-0.2, -0.15) is 4.98 Å². The molecule has 1 aliphatic heterocycles. The van der Waals surface area contributed by atoms with Crippen molar-refractivity contribution in [1.29, 1.82) is 0 Å². The molecule has 1 N–H and O–H groups in total. The Morgan fingerprint density at radius 1 is 0.766 bits per heavy atom. The number of aromatic nitrogens is 4. The molecule has 0 bridgehead atoms. The van der Waals surface area contributed by atoms with E-state index in [1.165, 1.54) is 0 Å². The maximum absolute atomic E-state index is 7.34. The van der Waals surface area contributed by atoms with Crippen LogP contribution in [-0.4, -0.2) is 69.4 Å². The molecular formula is C35H61N5O4Si3. The number of fused-ring (bicyclic) bond motifs is 1. The van der Waals surface area contributed by atoms with E-state index in [0.29, 0.717) is 30.3 Å². The first kappa shape index (κ1) is 37.9. The Balaban J connectivity index is 1.79. The first-order valence-corrected chi connectivity index (χ1v) is 25.8. The Hall–Kier alpha value is -1.94. The standard InChI is InChI=1S/C35H61N5O4Si3/c1-33(2,3)45(10,11)41-23-27-28(43-46(12,13)34(4,5)6)29(44-47(14,15)35(7,8)9)31(42-27)40-24-38-26-22-37-32(39-30(26)40)36-21-25-19-17-16-18-20-25/h16-20,22,24,27-29,31H,21,23H2,1-15H3,(H,36,37,39)/t27-,28-,29-,31-/m1/s1. The number of hydrogen-bond acceptors (Lipinski definition) is 8. The number of hydrogen-bond donors (Lipinski definition) is 1. The van der Waals surface area contributed by atoms with Crippen molar-refractivity contribution in [2.75, 3.05) is 11.9 Å². The van der Waals surface area contributed by atoms with E-state index >= 15 is 0 Å². The van der Waals surface area contributed by atoms with Gasteiger partial charge in [0.1, 0.15) is 23.8 Å². The Labute approximate surface area is 287 Å². The van der Waals surface area contributed by atoms with Crippen molar-refractivity contribution in [3.05, 3.63) is 48.4 Å². The second kappa shape index (κ2) is 13.4. The van der Waals surface area contributed by atoms with Gasteiger partial charge in [-0.3, -0.25) is 4.57 Å². The summed E-state index contributed by atoms with van der Waals surface area (Å²) < 4.78 is 30.6. The molecule has 9 nitrogen and oxygen atoms in total. The molecule has 1 saturated heterocycles. The van der Waals surface area contributed by atoms with E-state index in [0.717, 1.165) is 5.56 Å². The lowest BCUT2D eigenvalue weighted by Crippen LogP contribution is -2.54. The quantitative estimate of drug-likeness (QED) is 0.198. The highest BCUT2D eigenvalue weighted by atomic mass is 28.4. The van der Waals surface area contributed by atoms with E-state index < -0.39 is 31.2 Å². The maximum atomic E-state index is 7.34. The predicted octanol–water partition coefficient (Wildman–Crippen LogP) is 9.14. The smallest absolute Gasteiger partial charge is 0.225 e. The monoisotopic (exact) mass is 699 g/mol. The van der Waals surface area contributed by atoms with Crippen molar-refractivity contribution in [3.8, 4) is 0 Å². The lowest BCUT2D eigenvalue weighted by molar-refractivity contribution is -0.0470. The third kappa shape index (κ3) is 8.45. The Morgan fingerprint density at radius 3 is 1.87 bits per heavy atom. The highest BCUT2D eigenvalue weighted by molar-refractivity contribution is 6.75. The van der Waals surface area contributed by atoms with E-state index in [2.05, 4.69) is 124 Å². The van der Waals surface area contributed by atoms with Crippen LogP contribution in [0, 0.1) is 0 Å². The largest absolute Gasteiger partial charge is 0.414 e. The molecule has 0 spiro atoms. The third-order valence-corrected chi connectivity index (χ3v) is 24.5. The predicted molar refractivity (Wildman–Crippen MR) is 200 cm³/mol. The van der Waals surface area contributed by atoms with Crippen molar-refractivity contribution in [2.45, 2.75) is 148 Å². The number of ether oxygens (including phenoxy) is 1. The summed E-state index contributed by atoms with van der Waals surface area (Å²) in [6, 6.07) is 10.2. The zero-order valence-electron chi connectivity index (χ0n) is 31.7. The number of nitrogens with zero attached hydrogens (tertiary/aromatic N) is 4. The van der Waals surface area contributed by atoms with Crippen LogP contribution in [-0.2, 0) is 24.6 Å². The molecule has 1 fully saturated rings. The van der Waals surface area contributed by atoms with Crippen LogP contribution in [0.4, 0.5) is 5.95 Å². The van der Waals surface area contributed by atoms with Gasteiger partial charge in [0, 0.05) is 6.54 Å². The topological polar surface area (TPSA) is 92.6 Å². The molecule has 3 heterocycles. The van der Waals surface area contributed by atoms with Gasteiger partial charge in [-0.05, 0) is 60.0 Å². The Kier molecular flexibility index (Phi) is 10.8. The van der Waals surface area contributed by atoms with Crippen LogP contribution in [0.25, 0.3) is 11.2 Å². The lowest BCUT2D eigenvalue weighted by Gasteiger charge is -2.44. The Morgan fingerprint density at radius 2 is 1.32 bits per heavy atom. The highest BCUT2D eigenvalue weighted by Gasteiger charge is 2.55. The minimum atomic E-state index is -2.29. The number of benzene rings is 1. The van der Waals surface area contributed by atoms with Crippen LogP contribution in [0.1, 0.15) is 74.1 Å². The molecule has 2 aromatic heterocycles. The molecule has 12 heteroatoms. The second-order valence-electron chi connectivity index (χ2n) is 17.7. The summed E-state index contributed by atoms with van der Waals surface area (Å²) in [4.78, 5) is 14.2. The van der Waals surface area contributed by atoms with Crippen molar-refractivity contribution in [2.24, 2.45) is 0 Å². The van der Waals surface area contributed by atoms with Crippen molar-refractivity contribution >= 4 is 42.1 Å². The SMILES string of the molecule is CC(C)(C)[Si](C)(C)OC[C@H]1O[C@@H](n2cnc3cnc(NCc4ccccc4)nc32)[C@H](O[Si](C)(C)C(C)(C)C)[C@@H]1O[Si](C)(C)C(C)(C)C. The van der Waals surface area contributed by atoms with E-state index in [4.69, 9.17) is 28.0 Å². The summed E-state index contributed by atoms with van der Waals surface area (Å²) in [6.07, 6.45) is 2.04. The van der Waals surface area contributed by atoms with Gasteiger partial charge < -0.3 is 23.3 Å². The molecule has 0 amide bonds. The molecule has 4 atom stereocenters. The average molecular weight is 700 g/mol. The molecular weight excluding hydrogens is 639 g/mol. The van der Waals surface area contributed by atoms with E-state index in [9.17, 15) is 0 Å². The summed E-state index contributed by atoms with van der Waals surface area (Å²) in [6.45, 7) is 35.3. The molecule has 0 unspecified atom stereocenters. The van der Waals surface area contributed by atoms with E-state index in [-0.39, 0.29) is 33.4 Å². The van der Waals surface area contributed by atoms with Gasteiger partial charge in [0.2, 0.25) is 5.95 Å². The van der Waals surface area contributed by atoms with Crippen LogP contribution in [0.5, 0.6) is 0 Å². The molecule has 1 aromatic carbocycles. The first-order valence-electron chi connectivity index (χ1n) is 17.1. The molecule has 0 saturated carbocycles. The molecule has 4 rings (SSSR count).